The number of aryl methyl sites for hydroxylation is 1. The van der Waals surface area contributed by atoms with Crippen molar-refractivity contribution in [3.8, 4) is 0 Å². The van der Waals surface area contributed by atoms with E-state index in [-0.39, 0.29) is 6.04 Å². The molecule has 22 heavy (non-hydrogen) atoms. The van der Waals surface area contributed by atoms with Gasteiger partial charge in [0.2, 0.25) is 0 Å². The Hall–Kier alpha value is -0.700. The summed E-state index contributed by atoms with van der Waals surface area (Å²) in [4.78, 5) is 0. The molecule has 2 aromatic heterocycles. The van der Waals surface area contributed by atoms with Gasteiger partial charge in [0.05, 0.1) is 9.83 Å². The van der Waals surface area contributed by atoms with Crippen LogP contribution < -0.4 is 0 Å². The third-order valence-electron chi connectivity index (χ3n) is 3.73. The Morgan fingerprint density at radius 1 is 1.50 bits per heavy atom. The molecule has 0 unspecified atom stereocenters. The first-order valence-corrected chi connectivity index (χ1v) is 10.3. The molecular formula is C14H17BrN2O3S2. The van der Waals surface area contributed by atoms with Crippen LogP contribution in [0.1, 0.15) is 43.7 Å². The number of aromatic nitrogens is 1. The minimum absolute atomic E-state index is 0.222. The molecular weight excluding hydrogens is 388 g/mol. The molecule has 5 nitrogen and oxygen atoms in total. The van der Waals surface area contributed by atoms with Gasteiger partial charge in [0, 0.05) is 19.0 Å². The van der Waals surface area contributed by atoms with E-state index in [0.29, 0.717) is 10.8 Å². The Bertz CT molecular complexity index is 754. The second kappa shape index (κ2) is 6.43. The van der Waals surface area contributed by atoms with Crippen molar-refractivity contribution in [1.29, 1.82) is 0 Å². The van der Waals surface area contributed by atoms with E-state index < -0.39 is 10.0 Å². The van der Waals surface area contributed by atoms with Crippen LogP contribution in [-0.2, 0) is 16.4 Å². The predicted octanol–water partition coefficient (Wildman–Crippen LogP) is 3.98. The van der Waals surface area contributed by atoms with Gasteiger partial charge in [-0.3, -0.25) is 0 Å². The molecule has 0 radical (unpaired) electrons. The number of rotatable bonds is 5. The summed E-state index contributed by atoms with van der Waals surface area (Å²) in [7, 11) is -3.48. The molecule has 0 saturated carbocycles. The maximum Gasteiger partial charge on any atom is 0.253 e. The van der Waals surface area contributed by atoms with Crippen LogP contribution in [0, 0.1) is 0 Å². The minimum atomic E-state index is -3.48. The molecule has 1 aliphatic heterocycles. The highest BCUT2D eigenvalue weighted by Gasteiger charge is 2.38. The largest absolute Gasteiger partial charge is 0.361 e. The third kappa shape index (κ3) is 3.02. The average molecular weight is 405 g/mol. The van der Waals surface area contributed by atoms with Gasteiger partial charge in [-0.15, -0.1) is 11.3 Å². The van der Waals surface area contributed by atoms with Crippen LogP contribution in [0.25, 0.3) is 0 Å². The smallest absolute Gasteiger partial charge is 0.253 e. The van der Waals surface area contributed by atoms with Gasteiger partial charge in [-0.25, -0.2) is 8.42 Å². The van der Waals surface area contributed by atoms with Crippen LogP contribution in [0.5, 0.6) is 0 Å². The van der Waals surface area contributed by atoms with Crippen molar-refractivity contribution in [2.75, 3.05) is 6.54 Å². The standard InChI is InChI=1S/C14H17BrN2O3S2/c1-2-4-10-9-11(16-20-10)12-5-3-8-17(12)22(18,19)14-7-6-13(15)21-14/h6-7,9,12H,2-5,8H2,1H3/t12-/m0/s1. The van der Waals surface area contributed by atoms with Crippen molar-refractivity contribution >= 4 is 37.3 Å². The summed E-state index contributed by atoms with van der Waals surface area (Å²) in [5.41, 5.74) is 0.722. The molecule has 1 atom stereocenters. The molecule has 0 spiro atoms. The van der Waals surface area contributed by atoms with Gasteiger partial charge in [0.25, 0.3) is 10.0 Å². The van der Waals surface area contributed by atoms with Crippen LogP contribution in [0.15, 0.2) is 30.7 Å². The van der Waals surface area contributed by atoms with Gasteiger partial charge in [0.1, 0.15) is 15.7 Å². The summed E-state index contributed by atoms with van der Waals surface area (Å²) in [5, 5.41) is 4.09. The Labute approximate surface area is 142 Å². The molecule has 3 heterocycles. The molecule has 2 aromatic rings. The molecule has 0 N–H and O–H groups in total. The molecule has 0 bridgehead atoms. The first-order chi connectivity index (χ1) is 10.5. The number of nitrogens with zero attached hydrogens (tertiary/aromatic N) is 2. The first kappa shape index (κ1) is 16.2. The predicted molar refractivity (Wildman–Crippen MR) is 88.4 cm³/mol. The molecule has 3 rings (SSSR count). The Balaban J connectivity index is 1.89. The Morgan fingerprint density at radius 2 is 2.32 bits per heavy atom. The maximum absolute atomic E-state index is 12.8. The van der Waals surface area contributed by atoms with Crippen molar-refractivity contribution < 1.29 is 12.9 Å². The average Bonchev–Trinajstić information content (AvgIpc) is 3.17. The fourth-order valence-corrected chi connectivity index (χ4v) is 6.53. The van der Waals surface area contributed by atoms with Crippen LogP contribution in [0.3, 0.4) is 0 Å². The fourth-order valence-electron chi connectivity index (χ4n) is 2.73. The normalized spacial score (nSPS) is 19.8. The Kier molecular flexibility index (Phi) is 4.72. The van der Waals surface area contributed by atoms with E-state index >= 15 is 0 Å². The molecule has 8 heteroatoms. The zero-order chi connectivity index (χ0) is 15.7. The highest BCUT2D eigenvalue weighted by Crippen LogP contribution is 2.38. The summed E-state index contributed by atoms with van der Waals surface area (Å²) >= 11 is 4.56. The van der Waals surface area contributed by atoms with E-state index in [2.05, 4.69) is 28.0 Å². The molecule has 120 valence electrons. The lowest BCUT2D eigenvalue weighted by Gasteiger charge is -2.21. The second-order valence-corrected chi connectivity index (χ2v) is 9.88. The zero-order valence-electron chi connectivity index (χ0n) is 12.2. The van der Waals surface area contributed by atoms with Crippen LogP contribution in [-0.4, -0.2) is 24.4 Å². The highest BCUT2D eigenvalue weighted by molar-refractivity contribution is 9.11. The van der Waals surface area contributed by atoms with Crippen LogP contribution >= 0.6 is 27.3 Å². The van der Waals surface area contributed by atoms with Crippen molar-refractivity contribution in [1.82, 2.24) is 9.46 Å². The van der Waals surface area contributed by atoms with Gasteiger partial charge in [-0.05, 0) is 47.3 Å². The zero-order valence-corrected chi connectivity index (χ0v) is 15.4. The third-order valence-corrected chi connectivity index (χ3v) is 7.73. The second-order valence-electron chi connectivity index (χ2n) is 5.30. The lowest BCUT2D eigenvalue weighted by atomic mass is 10.1. The van der Waals surface area contributed by atoms with E-state index in [0.717, 1.165) is 40.9 Å². The number of thiophene rings is 1. The van der Waals surface area contributed by atoms with Crippen LogP contribution in [0.2, 0.25) is 0 Å². The lowest BCUT2D eigenvalue weighted by Crippen LogP contribution is -2.30. The summed E-state index contributed by atoms with van der Waals surface area (Å²) in [6, 6.07) is 5.08. The Morgan fingerprint density at radius 3 is 3.00 bits per heavy atom. The van der Waals surface area contributed by atoms with E-state index in [1.807, 2.05) is 6.07 Å². The number of halogens is 1. The van der Waals surface area contributed by atoms with E-state index in [4.69, 9.17) is 4.52 Å². The molecule has 0 amide bonds. The van der Waals surface area contributed by atoms with Gasteiger partial charge < -0.3 is 4.52 Å². The molecule has 1 saturated heterocycles. The van der Waals surface area contributed by atoms with Gasteiger partial charge >= 0.3 is 0 Å². The van der Waals surface area contributed by atoms with E-state index in [1.165, 1.54) is 11.3 Å². The number of sulfonamides is 1. The van der Waals surface area contributed by atoms with Crippen molar-refractivity contribution in [3.63, 3.8) is 0 Å². The SMILES string of the molecule is CCCc1cc([C@@H]2CCCN2S(=O)(=O)c2ccc(Br)s2)no1. The summed E-state index contributed by atoms with van der Waals surface area (Å²) in [6.45, 7) is 2.60. The summed E-state index contributed by atoms with van der Waals surface area (Å²) in [6.07, 6.45) is 3.42. The van der Waals surface area contributed by atoms with E-state index in [9.17, 15) is 8.42 Å². The van der Waals surface area contributed by atoms with Crippen molar-refractivity contribution in [3.05, 3.63) is 33.4 Å². The fraction of sp³-hybridized carbons (Fsp3) is 0.500. The molecule has 1 aliphatic rings. The molecule has 0 aliphatic carbocycles. The van der Waals surface area contributed by atoms with Crippen molar-refractivity contribution in [2.45, 2.75) is 42.9 Å². The van der Waals surface area contributed by atoms with Crippen molar-refractivity contribution in [2.24, 2.45) is 0 Å². The first-order valence-electron chi connectivity index (χ1n) is 7.25. The topological polar surface area (TPSA) is 63.4 Å². The molecule has 0 aromatic carbocycles. The van der Waals surface area contributed by atoms with Crippen LogP contribution in [0.4, 0.5) is 0 Å². The highest BCUT2D eigenvalue weighted by atomic mass is 79.9. The summed E-state index contributed by atoms with van der Waals surface area (Å²) in [5.74, 6) is 0.820. The maximum atomic E-state index is 12.8. The minimum Gasteiger partial charge on any atom is -0.361 e. The van der Waals surface area contributed by atoms with Gasteiger partial charge in [-0.2, -0.15) is 4.31 Å². The number of hydrogen-bond acceptors (Lipinski definition) is 5. The van der Waals surface area contributed by atoms with Gasteiger partial charge in [-0.1, -0.05) is 12.1 Å². The molecule has 1 fully saturated rings. The van der Waals surface area contributed by atoms with Gasteiger partial charge in [0.15, 0.2) is 0 Å². The quantitative estimate of drug-likeness (QED) is 0.755. The summed E-state index contributed by atoms with van der Waals surface area (Å²) < 4.78 is 33.7. The monoisotopic (exact) mass is 404 g/mol. The number of hydrogen-bond donors (Lipinski definition) is 0. The lowest BCUT2D eigenvalue weighted by molar-refractivity contribution is 0.344. The van der Waals surface area contributed by atoms with E-state index in [1.54, 1.807) is 16.4 Å².